The third-order valence-corrected chi connectivity index (χ3v) is 5.05. The maximum Gasteiger partial charge on any atom is 0.115 e. The van der Waals surface area contributed by atoms with E-state index < -0.39 is 0 Å². The van der Waals surface area contributed by atoms with E-state index >= 15 is 0 Å². The van der Waals surface area contributed by atoms with Crippen LogP contribution in [0.25, 0.3) is 0 Å². The van der Waals surface area contributed by atoms with Gasteiger partial charge < -0.3 is 14.7 Å². The number of hydrogen-bond acceptors (Lipinski definition) is 3. The van der Waals surface area contributed by atoms with Gasteiger partial charge in [0.1, 0.15) is 11.9 Å². The Bertz CT molecular complexity index is 675. The Kier molecular flexibility index (Phi) is 3.21. The Morgan fingerprint density at radius 2 is 1.82 bits per heavy atom. The topological polar surface area (TPSA) is 32.7 Å². The molecule has 1 saturated heterocycles. The molecule has 4 rings (SSSR count). The molecule has 0 saturated carbocycles. The maximum atomic E-state index is 9.95. The number of rotatable bonds is 1. The highest BCUT2D eigenvalue weighted by Crippen LogP contribution is 2.51. The van der Waals surface area contributed by atoms with E-state index in [2.05, 4.69) is 36.2 Å². The fourth-order valence-electron chi connectivity index (χ4n) is 3.76. The lowest BCUT2D eigenvalue weighted by Gasteiger charge is -2.38. The minimum atomic E-state index is -0.249. The Balaban J connectivity index is 1.80. The van der Waals surface area contributed by atoms with Crippen molar-refractivity contribution in [2.45, 2.75) is 24.5 Å². The van der Waals surface area contributed by atoms with Crippen molar-refractivity contribution in [2.24, 2.45) is 0 Å². The lowest BCUT2D eigenvalue weighted by Crippen LogP contribution is -2.40. The van der Waals surface area contributed by atoms with Crippen LogP contribution >= 0.6 is 0 Å². The molecule has 2 aromatic rings. The number of nitrogens with zero attached hydrogens (tertiary/aromatic N) is 1. The zero-order chi connectivity index (χ0) is 15.2. The van der Waals surface area contributed by atoms with Crippen molar-refractivity contribution >= 4 is 0 Å². The van der Waals surface area contributed by atoms with E-state index in [4.69, 9.17) is 4.74 Å². The summed E-state index contributed by atoms with van der Waals surface area (Å²) in [7, 11) is 2.15. The SMILES string of the molecule is CN1CCC2(CC1)OC(c1ccccc1)c1ccc(O)cc12. The predicted molar refractivity (Wildman–Crippen MR) is 85.9 cm³/mol. The maximum absolute atomic E-state index is 9.95. The van der Waals surface area contributed by atoms with Crippen molar-refractivity contribution in [3.8, 4) is 5.75 Å². The van der Waals surface area contributed by atoms with Crippen LogP contribution in [0.1, 0.15) is 35.6 Å². The highest BCUT2D eigenvalue weighted by molar-refractivity contribution is 5.47. The average Bonchev–Trinajstić information content (AvgIpc) is 2.85. The molecule has 22 heavy (non-hydrogen) atoms. The molecule has 114 valence electrons. The molecule has 1 N–H and O–H groups in total. The van der Waals surface area contributed by atoms with Crippen molar-refractivity contribution in [1.82, 2.24) is 4.90 Å². The summed E-state index contributed by atoms with van der Waals surface area (Å²) in [6.45, 7) is 2.05. The molecule has 2 aromatic carbocycles. The first-order chi connectivity index (χ1) is 10.7. The largest absolute Gasteiger partial charge is 0.508 e. The predicted octanol–water partition coefficient (Wildman–Crippen LogP) is 3.43. The number of hydrogen-bond donors (Lipinski definition) is 1. The fourth-order valence-corrected chi connectivity index (χ4v) is 3.76. The van der Waals surface area contributed by atoms with Gasteiger partial charge in [0.15, 0.2) is 0 Å². The first kappa shape index (κ1) is 13.8. The Morgan fingerprint density at radius 3 is 2.55 bits per heavy atom. The lowest BCUT2D eigenvalue weighted by molar-refractivity contribution is -0.0941. The Morgan fingerprint density at radius 1 is 1.09 bits per heavy atom. The monoisotopic (exact) mass is 295 g/mol. The number of phenolic OH excluding ortho intramolecular Hbond substituents is 1. The molecule has 0 bridgehead atoms. The summed E-state index contributed by atoms with van der Waals surface area (Å²) in [5, 5.41) is 9.95. The average molecular weight is 295 g/mol. The van der Waals surface area contributed by atoms with Crippen LogP contribution in [0.15, 0.2) is 48.5 Å². The lowest BCUT2D eigenvalue weighted by atomic mass is 9.83. The number of piperidine rings is 1. The molecule has 1 atom stereocenters. The molecule has 0 radical (unpaired) electrons. The van der Waals surface area contributed by atoms with Gasteiger partial charge in [-0.05, 0) is 48.7 Å². The molecule has 3 nitrogen and oxygen atoms in total. The summed E-state index contributed by atoms with van der Waals surface area (Å²) in [4.78, 5) is 2.34. The summed E-state index contributed by atoms with van der Waals surface area (Å²) < 4.78 is 6.61. The molecule has 0 amide bonds. The van der Waals surface area contributed by atoms with Crippen molar-refractivity contribution in [2.75, 3.05) is 20.1 Å². The van der Waals surface area contributed by atoms with Gasteiger partial charge in [0.25, 0.3) is 0 Å². The zero-order valence-electron chi connectivity index (χ0n) is 12.8. The molecule has 2 aliphatic heterocycles. The summed E-state index contributed by atoms with van der Waals surface area (Å²) in [5.74, 6) is 0.328. The van der Waals surface area contributed by atoms with Gasteiger partial charge in [-0.3, -0.25) is 0 Å². The summed E-state index contributed by atoms with van der Waals surface area (Å²) in [6, 6.07) is 16.1. The van der Waals surface area contributed by atoms with Gasteiger partial charge in [0.2, 0.25) is 0 Å². The minimum absolute atomic E-state index is 0.0276. The first-order valence-corrected chi connectivity index (χ1v) is 7.93. The molecule has 2 heterocycles. The molecule has 0 aliphatic carbocycles. The van der Waals surface area contributed by atoms with E-state index in [1.54, 1.807) is 6.07 Å². The molecular formula is C19H21NO2. The number of benzene rings is 2. The van der Waals surface area contributed by atoms with E-state index in [1.165, 1.54) is 16.7 Å². The molecule has 1 unspecified atom stereocenters. The highest BCUT2D eigenvalue weighted by Gasteiger charge is 2.46. The second kappa shape index (κ2) is 5.11. The van der Waals surface area contributed by atoms with Gasteiger partial charge in [-0.2, -0.15) is 0 Å². The number of phenols is 1. The van der Waals surface area contributed by atoms with E-state index in [-0.39, 0.29) is 11.7 Å². The third-order valence-electron chi connectivity index (χ3n) is 5.05. The van der Waals surface area contributed by atoms with Crippen LogP contribution < -0.4 is 0 Å². The highest BCUT2D eigenvalue weighted by atomic mass is 16.5. The molecule has 2 aliphatic rings. The van der Waals surface area contributed by atoms with Crippen LogP contribution in [-0.2, 0) is 10.3 Å². The Labute approximate surface area is 131 Å². The van der Waals surface area contributed by atoms with E-state index in [0.29, 0.717) is 5.75 Å². The summed E-state index contributed by atoms with van der Waals surface area (Å²) >= 11 is 0. The quantitative estimate of drug-likeness (QED) is 0.875. The van der Waals surface area contributed by atoms with Gasteiger partial charge >= 0.3 is 0 Å². The van der Waals surface area contributed by atoms with Gasteiger partial charge in [0.05, 0.1) is 5.60 Å². The van der Waals surface area contributed by atoms with Crippen LogP contribution in [0.3, 0.4) is 0 Å². The summed E-state index contributed by atoms with van der Waals surface area (Å²) in [6.07, 6.45) is 1.92. The van der Waals surface area contributed by atoms with Gasteiger partial charge in [-0.15, -0.1) is 0 Å². The van der Waals surface area contributed by atoms with Gasteiger partial charge in [-0.25, -0.2) is 0 Å². The molecular weight excluding hydrogens is 274 g/mol. The Hall–Kier alpha value is -1.84. The number of likely N-dealkylation sites (tertiary alicyclic amines) is 1. The van der Waals surface area contributed by atoms with E-state index in [0.717, 1.165) is 25.9 Å². The van der Waals surface area contributed by atoms with Crippen molar-refractivity contribution < 1.29 is 9.84 Å². The van der Waals surface area contributed by atoms with Crippen molar-refractivity contribution in [3.05, 3.63) is 65.2 Å². The molecule has 1 spiro atoms. The minimum Gasteiger partial charge on any atom is -0.508 e. The second-order valence-corrected chi connectivity index (χ2v) is 6.48. The van der Waals surface area contributed by atoms with Crippen LogP contribution in [0.2, 0.25) is 0 Å². The zero-order valence-corrected chi connectivity index (χ0v) is 12.8. The molecule has 1 fully saturated rings. The van der Waals surface area contributed by atoms with Crippen LogP contribution in [-0.4, -0.2) is 30.1 Å². The normalized spacial score (nSPS) is 23.6. The summed E-state index contributed by atoms with van der Waals surface area (Å²) in [5.41, 5.74) is 3.31. The number of ether oxygens (including phenoxy) is 1. The van der Waals surface area contributed by atoms with Crippen molar-refractivity contribution in [3.63, 3.8) is 0 Å². The smallest absolute Gasteiger partial charge is 0.115 e. The van der Waals surface area contributed by atoms with E-state index in [1.807, 2.05) is 18.2 Å². The van der Waals surface area contributed by atoms with Crippen molar-refractivity contribution in [1.29, 1.82) is 0 Å². The number of aromatic hydroxyl groups is 1. The number of fused-ring (bicyclic) bond motifs is 2. The first-order valence-electron chi connectivity index (χ1n) is 7.93. The molecule has 0 aromatic heterocycles. The van der Waals surface area contributed by atoms with Crippen LogP contribution in [0.5, 0.6) is 5.75 Å². The molecule has 3 heteroatoms. The van der Waals surface area contributed by atoms with Crippen LogP contribution in [0.4, 0.5) is 0 Å². The van der Waals surface area contributed by atoms with Crippen LogP contribution in [0, 0.1) is 0 Å². The third kappa shape index (κ3) is 2.13. The van der Waals surface area contributed by atoms with Gasteiger partial charge in [0, 0.05) is 13.1 Å². The van der Waals surface area contributed by atoms with Gasteiger partial charge in [-0.1, -0.05) is 36.4 Å². The second-order valence-electron chi connectivity index (χ2n) is 6.48. The fraction of sp³-hybridized carbons (Fsp3) is 0.368. The standard InChI is InChI=1S/C19H21NO2/c1-20-11-9-19(10-12-20)17-13-15(21)7-8-16(17)18(22-19)14-5-3-2-4-6-14/h2-8,13,18,21H,9-12H2,1H3. The van der Waals surface area contributed by atoms with E-state index in [9.17, 15) is 5.11 Å².